The maximum atomic E-state index is 13.0. The monoisotopic (exact) mass is 464 g/mol. The van der Waals surface area contributed by atoms with E-state index in [1.807, 2.05) is 42.5 Å². The summed E-state index contributed by atoms with van der Waals surface area (Å²) in [5.74, 6) is 1.18. The fourth-order valence-electron chi connectivity index (χ4n) is 4.38. The van der Waals surface area contributed by atoms with Gasteiger partial charge in [-0.15, -0.1) is 0 Å². The van der Waals surface area contributed by atoms with Crippen LogP contribution in [0.3, 0.4) is 0 Å². The highest BCUT2D eigenvalue weighted by Gasteiger charge is 2.26. The summed E-state index contributed by atoms with van der Waals surface area (Å²) < 4.78 is 6.80. The first-order valence-corrected chi connectivity index (χ1v) is 11.4. The lowest BCUT2D eigenvalue weighted by Crippen LogP contribution is -2.32. The van der Waals surface area contributed by atoms with E-state index in [9.17, 15) is 4.79 Å². The number of para-hydroxylation sites is 3. The van der Waals surface area contributed by atoms with Crippen molar-refractivity contribution in [2.75, 3.05) is 32.1 Å². The van der Waals surface area contributed by atoms with Crippen molar-refractivity contribution in [1.29, 1.82) is 0 Å². The molecule has 2 aromatic heterocycles. The molecule has 8 nitrogen and oxygen atoms in total. The number of halogens is 1. The molecule has 1 aliphatic rings. The number of nitrogens with one attached hydrogen (secondary N) is 2. The number of hydrogen-bond acceptors (Lipinski definition) is 6. The van der Waals surface area contributed by atoms with E-state index in [1.165, 1.54) is 17.5 Å². The van der Waals surface area contributed by atoms with E-state index >= 15 is 0 Å². The Labute approximate surface area is 196 Å². The Morgan fingerprint density at radius 1 is 1.15 bits per heavy atom. The molecule has 5 rings (SSSR count). The first-order chi connectivity index (χ1) is 16.2. The van der Waals surface area contributed by atoms with Gasteiger partial charge in [0.15, 0.2) is 0 Å². The summed E-state index contributed by atoms with van der Waals surface area (Å²) in [6.45, 7) is 2.60. The molecule has 2 aromatic carbocycles. The summed E-state index contributed by atoms with van der Waals surface area (Å²) in [5.41, 5.74) is 2.74. The minimum atomic E-state index is -0.435. The summed E-state index contributed by atoms with van der Waals surface area (Å²) in [5, 5.41) is 7.74. The molecule has 0 radical (unpaired) electrons. The molecule has 170 valence electrons. The van der Waals surface area contributed by atoms with Gasteiger partial charge in [0.2, 0.25) is 5.95 Å². The molecule has 0 spiro atoms. The number of anilines is 1. The minimum Gasteiger partial charge on any atom is -0.496 e. The number of aromatic nitrogens is 4. The third kappa shape index (κ3) is 4.19. The van der Waals surface area contributed by atoms with E-state index < -0.39 is 5.56 Å². The van der Waals surface area contributed by atoms with Crippen molar-refractivity contribution >= 4 is 28.3 Å². The van der Waals surface area contributed by atoms with Crippen LogP contribution in [-0.4, -0.2) is 51.4 Å². The topological polar surface area (TPSA) is 88.1 Å². The van der Waals surface area contributed by atoms with Crippen molar-refractivity contribution in [3.8, 4) is 11.7 Å². The lowest BCUT2D eigenvalue weighted by atomic mass is 10.0. The van der Waals surface area contributed by atoms with Gasteiger partial charge < -0.3 is 15.0 Å². The van der Waals surface area contributed by atoms with Crippen LogP contribution in [0.1, 0.15) is 24.4 Å². The summed E-state index contributed by atoms with van der Waals surface area (Å²) >= 11 is 6.48. The molecular weight excluding hydrogens is 440 g/mol. The lowest BCUT2D eigenvalue weighted by Gasteiger charge is -2.29. The number of methoxy groups -OCH3 is 1. The van der Waals surface area contributed by atoms with Gasteiger partial charge >= 0.3 is 0 Å². The van der Waals surface area contributed by atoms with Crippen LogP contribution in [0.15, 0.2) is 59.5 Å². The molecule has 0 saturated carbocycles. The Morgan fingerprint density at radius 2 is 1.91 bits per heavy atom. The molecule has 2 N–H and O–H groups in total. The Bertz CT molecular complexity index is 1300. The number of aromatic amines is 1. The molecule has 9 heteroatoms. The first kappa shape index (κ1) is 21.5. The van der Waals surface area contributed by atoms with Crippen LogP contribution in [-0.2, 0) is 0 Å². The molecule has 1 atom stereocenters. The average molecular weight is 465 g/mol. The van der Waals surface area contributed by atoms with Gasteiger partial charge in [0, 0.05) is 12.1 Å². The molecule has 1 aliphatic heterocycles. The molecule has 0 amide bonds. The molecule has 33 heavy (non-hydrogen) atoms. The van der Waals surface area contributed by atoms with Crippen LogP contribution in [0.2, 0.25) is 5.02 Å². The van der Waals surface area contributed by atoms with E-state index in [4.69, 9.17) is 16.3 Å². The highest BCUT2D eigenvalue weighted by Crippen LogP contribution is 2.32. The summed E-state index contributed by atoms with van der Waals surface area (Å²) in [7, 11) is 1.69. The Kier molecular flexibility index (Phi) is 6.02. The number of imidazole rings is 1. The first-order valence-electron chi connectivity index (χ1n) is 11.0. The van der Waals surface area contributed by atoms with Crippen molar-refractivity contribution in [2.45, 2.75) is 18.9 Å². The minimum absolute atomic E-state index is 0.0747. The predicted molar refractivity (Wildman–Crippen MR) is 130 cm³/mol. The van der Waals surface area contributed by atoms with Crippen molar-refractivity contribution in [3.05, 3.63) is 75.7 Å². The van der Waals surface area contributed by atoms with E-state index in [1.54, 1.807) is 13.3 Å². The average Bonchev–Trinajstić information content (AvgIpc) is 3.52. The maximum Gasteiger partial charge on any atom is 0.295 e. The van der Waals surface area contributed by atoms with Gasteiger partial charge in [0.05, 0.1) is 36.1 Å². The van der Waals surface area contributed by atoms with E-state index in [0.717, 1.165) is 35.4 Å². The van der Waals surface area contributed by atoms with Gasteiger partial charge in [-0.25, -0.2) is 4.98 Å². The number of rotatable bonds is 7. The van der Waals surface area contributed by atoms with Gasteiger partial charge in [-0.3, -0.25) is 9.69 Å². The van der Waals surface area contributed by atoms with Crippen molar-refractivity contribution < 1.29 is 4.74 Å². The zero-order valence-corrected chi connectivity index (χ0v) is 19.0. The smallest absolute Gasteiger partial charge is 0.295 e. The normalized spacial score (nSPS) is 15.1. The van der Waals surface area contributed by atoms with Crippen molar-refractivity contribution in [3.63, 3.8) is 0 Å². The van der Waals surface area contributed by atoms with Crippen LogP contribution < -0.4 is 15.6 Å². The van der Waals surface area contributed by atoms with E-state index in [2.05, 4.69) is 31.3 Å². The van der Waals surface area contributed by atoms with Gasteiger partial charge in [0.1, 0.15) is 10.8 Å². The Morgan fingerprint density at radius 3 is 2.70 bits per heavy atom. The van der Waals surface area contributed by atoms with Crippen LogP contribution in [0.25, 0.3) is 17.0 Å². The van der Waals surface area contributed by atoms with Gasteiger partial charge in [0.25, 0.3) is 5.56 Å². The molecule has 1 unspecified atom stereocenters. The molecule has 0 aliphatic carbocycles. The second-order valence-electron chi connectivity index (χ2n) is 8.05. The Balaban J connectivity index is 1.42. The van der Waals surface area contributed by atoms with Crippen LogP contribution in [0.5, 0.6) is 5.75 Å². The van der Waals surface area contributed by atoms with Gasteiger partial charge in [-0.1, -0.05) is 41.9 Å². The summed E-state index contributed by atoms with van der Waals surface area (Å²) in [4.78, 5) is 23.0. The fraction of sp³-hybridized carbons (Fsp3) is 0.292. The van der Waals surface area contributed by atoms with Gasteiger partial charge in [-0.2, -0.15) is 9.78 Å². The number of fused-ring (bicyclic) bond motifs is 1. The third-order valence-corrected chi connectivity index (χ3v) is 6.43. The standard InChI is InChI=1S/C24H25ClN6O2/c1-33-21-11-5-2-8-16(21)20(30-12-6-7-13-30)15-26-19-14-27-31(23(32)22(19)25)24-28-17-9-3-4-10-18(17)29-24/h2-5,8-11,14,20,26H,6-7,12-13,15H2,1H3,(H,28,29). The highest BCUT2D eigenvalue weighted by molar-refractivity contribution is 6.32. The van der Waals surface area contributed by atoms with E-state index in [-0.39, 0.29) is 11.1 Å². The quantitative estimate of drug-likeness (QED) is 0.429. The van der Waals surface area contributed by atoms with Crippen molar-refractivity contribution in [2.24, 2.45) is 0 Å². The summed E-state index contributed by atoms with van der Waals surface area (Å²) in [6, 6.07) is 15.7. The van der Waals surface area contributed by atoms with Crippen LogP contribution >= 0.6 is 11.6 Å². The molecule has 1 saturated heterocycles. The molecular formula is C24H25ClN6O2. The van der Waals surface area contributed by atoms with Gasteiger partial charge in [-0.05, 0) is 44.1 Å². The fourth-order valence-corrected chi connectivity index (χ4v) is 4.58. The Hall–Kier alpha value is -3.36. The molecule has 0 bridgehead atoms. The number of ether oxygens (including phenoxy) is 1. The largest absolute Gasteiger partial charge is 0.496 e. The number of hydrogen-bond donors (Lipinski definition) is 2. The molecule has 4 aromatic rings. The van der Waals surface area contributed by atoms with Crippen LogP contribution in [0.4, 0.5) is 5.69 Å². The highest BCUT2D eigenvalue weighted by atomic mass is 35.5. The third-order valence-electron chi connectivity index (χ3n) is 6.06. The number of benzene rings is 2. The predicted octanol–water partition coefficient (Wildman–Crippen LogP) is 4.02. The van der Waals surface area contributed by atoms with E-state index in [0.29, 0.717) is 18.2 Å². The second kappa shape index (κ2) is 9.25. The zero-order chi connectivity index (χ0) is 22.8. The number of nitrogens with zero attached hydrogens (tertiary/aromatic N) is 4. The summed E-state index contributed by atoms with van der Waals surface area (Å²) in [6.07, 6.45) is 3.91. The number of H-pyrrole nitrogens is 1. The van der Waals surface area contributed by atoms with Crippen LogP contribution in [0, 0.1) is 0 Å². The SMILES string of the molecule is COc1ccccc1C(CNc1cnn(-c2nc3ccccc3[nH]2)c(=O)c1Cl)N1CCCC1. The molecule has 3 heterocycles. The second-order valence-corrected chi connectivity index (χ2v) is 8.43. The molecule has 1 fully saturated rings. The maximum absolute atomic E-state index is 13.0. The van der Waals surface area contributed by atoms with Crippen molar-refractivity contribution in [1.82, 2.24) is 24.6 Å². The lowest BCUT2D eigenvalue weighted by molar-refractivity contribution is 0.249. The number of likely N-dealkylation sites (tertiary alicyclic amines) is 1. The zero-order valence-electron chi connectivity index (χ0n) is 18.3.